The van der Waals surface area contributed by atoms with Gasteiger partial charge in [-0.3, -0.25) is 9.69 Å². The molecular weight excluding hydrogens is 238 g/mol. The van der Waals surface area contributed by atoms with Crippen LogP contribution in [0, 0.1) is 5.41 Å². The monoisotopic (exact) mass is 267 g/mol. The van der Waals surface area contributed by atoms with Crippen LogP contribution >= 0.6 is 0 Å². The second-order valence-electron chi connectivity index (χ2n) is 6.55. The Labute approximate surface area is 117 Å². The molecule has 0 amide bonds. The van der Waals surface area contributed by atoms with Crippen LogP contribution in [-0.2, 0) is 4.79 Å². The second-order valence-corrected chi connectivity index (χ2v) is 6.55. The van der Waals surface area contributed by atoms with Crippen molar-refractivity contribution in [3.8, 4) is 0 Å². The minimum atomic E-state index is -0.567. The van der Waals surface area contributed by atoms with Crippen LogP contribution in [0.3, 0.4) is 0 Å². The number of hydrogen-bond donors (Lipinski definition) is 1. The van der Waals surface area contributed by atoms with Crippen molar-refractivity contribution in [2.75, 3.05) is 13.1 Å². The van der Waals surface area contributed by atoms with E-state index in [0.29, 0.717) is 6.04 Å². The average Bonchev–Trinajstić information content (AvgIpc) is 2.74. The molecule has 0 aromatic heterocycles. The zero-order valence-corrected chi connectivity index (χ0v) is 12.4. The second kappa shape index (κ2) is 6.74. The SMILES string of the molecule is CCCC1(C(=O)O)CCN(C2CCCCCCC2)C1. The summed E-state index contributed by atoms with van der Waals surface area (Å²) in [6.07, 6.45) is 12.0. The Morgan fingerprint density at radius 2 is 1.84 bits per heavy atom. The average molecular weight is 267 g/mol. The van der Waals surface area contributed by atoms with Crippen LogP contribution in [0.4, 0.5) is 0 Å². The Morgan fingerprint density at radius 1 is 1.21 bits per heavy atom. The first kappa shape index (κ1) is 14.8. The normalized spacial score (nSPS) is 31.0. The molecule has 3 nitrogen and oxygen atoms in total. The summed E-state index contributed by atoms with van der Waals surface area (Å²) in [6, 6.07) is 0.651. The summed E-state index contributed by atoms with van der Waals surface area (Å²) in [6.45, 7) is 3.89. The van der Waals surface area contributed by atoms with E-state index >= 15 is 0 Å². The molecule has 1 atom stereocenters. The Balaban J connectivity index is 1.96. The lowest BCUT2D eigenvalue weighted by molar-refractivity contribution is -0.148. The van der Waals surface area contributed by atoms with Crippen LogP contribution in [-0.4, -0.2) is 35.1 Å². The summed E-state index contributed by atoms with van der Waals surface area (Å²) in [5.41, 5.74) is -0.447. The van der Waals surface area contributed by atoms with Gasteiger partial charge in [0.05, 0.1) is 5.41 Å². The maximum absolute atomic E-state index is 11.6. The third kappa shape index (κ3) is 3.50. The molecule has 3 heteroatoms. The van der Waals surface area contributed by atoms with Crippen molar-refractivity contribution in [1.82, 2.24) is 4.90 Å². The first-order valence-corrected chi connectivity index (χ1v) is 8.15. The molecule has 1 saturated heterocycles. The predicted octanol–water partition coefficient (Wildman–Crippen LogP) is 3.68. The van der Waals surface area contributed by atoms with Gasteiger partial charge in [-0.2, -0.15) is 0 Å². The minimum Gasteiger partial charge on any atom is -0.481 e. The van der Waals surface area contributed by atoms with Crippen molar-refractivity contribution < 1.29 is 9.90 Å². The molecule has 2 aliphatic rings. The zero-order valence-electron chi connectivity index (χ0n) is 12.4. The smallest absolute Gasteiger partial charge is 0.310 e. The van der Waals surface area contributed by atoms with Crippen molar-refractivity contribution in [1.29, 1.82) is 0 Å². The van der Waals surface area contributed by atoms with Gasteiger partial charge in [-0.25, -0.2) is 0 Å². The highest BCUT2D eigenvalue weighted by atomic mass is 16.4. The Bertz CT molecular complexity index is 297. The first-order chi connectivity index (χ1) is 9.18. The fourth-order valence-electron chi connectivity index (χ4n) is 3.98. The summed E-state index contributed by atoms with van der Waals surface area (Å²) < 4.78 is 0. The number of rotatable bonds is 4. The molecule has 2 fully saturated rings. The minimum absolute atomic E-state index is 0.447. The van der Waals surface area contributed by atoms with E-state index in [1.807, 2.05) is 0 Å². The van der Waals surface area contributed by atoms with E-state index in [2.05, 4.69) is 11.8 Å². The molecule has 1 aliphatic carbocycles. The number of hydrogen-bond acceptors (Lipinski definition) is 2. The summed E-state index contributed by atoms with van der Waals surface area (Å²) in [5, 5.41) is 9.58. The van der Waals surface area contributed by atoms with Gasteiger partial charge in [0.1, 0.15) is 0 Å². The Hall–Kier alpha value is -0.570. The molecule has 0 radical (unpaired) electrons. The van der Waals surface area contributed by atoms with E-state index in [4.69, 9.17) is 0 Å². The van der Waals surface area contributed by atoms with Gasteiger partial charge in [0.25, 0.3) is 0 Å². The Kier molecular flexibility index (Phi) is 5.26. The van der Waals surface area contributed by atoms with Crippen LogP contribution in [0.15, 0.2) is 0 Å². The summed E-state index contributed by atoms with van der Waals surface area (Å²) in [4.78, 5) is 14.1. The Morgan fingerprint density at radius 3 is 2.42 bits per heavy atom. The topological polar surface area (TPSA) is 40.5 Å². The van der Waals surface area contributed by atoms with Gasteiger partial charge >= 0.3 is 5.97 Å². The molecule has 110 valence electrons. The third-order valence-corrected chi connectivity index (χ3v) is 5.16. The number of carbonyl (C=O) groups is 1. The maximum atomic E-state index is 11.6. The van der Waals surface area contributed by atoms with Crippen LogP contribution < -0.4 is 0 Å². The van der Waals surface area contributed by atoms with Gasteiger partial charge in [-0.15, -0.1) is 0 Å². The first-order valence-electron chi connectivity index (χ1n) is 8.15. The van der Waals surface area contributed by atoms with E-state index in [-0.39, 0.29) is 0 Å². The van der Waals surface area contributed by atoms with Crippen molar-refractivity contribution in [3.63, 3.8) is 0 Å². The quantitative estimate of drug-likeness (QED) is 0.844. The molecule has 1 aliphatic heterocycles. The third-order valence-electron chi connectivity index (χ3n) is 5.16. The number of carboxylic acids is 1. The highest BCUT2D eigenvalue weighted by Gasteiger charge is 2.45. The lowest BCUT2D eigenvalue weighted by Gasteiger charge is -2.31. The molecule has 0 aromatic rings. The highest BCUT2D eigenvalue weighted by molar-refractivity contribution is 5.75. The van der Waals surface area contributed by atoms with Gasteiger partial charge in [0.15, 0.2) is 0 Å². The van der Waals surface area contributed by atoms with E-state index in [9.17, 15) is 9.90 Å². The lowest BCUT2D eigenvalue weighted by Crippen LogP contribution is -2.39. The standard InChI is InChI=1S/C16H29NO2/c1-2-10-16(15(18)19)11-12-17(13-16)14-8-6-4-3-5-7-9-14/h14H,2-13H2,1H3,(H,18,19). The summed E-state index contributed by atoms with van der Waals surface area (Å²) in [7, 11) is 0. The van der Waals surface area contributed by atoms with E-state index < -0.39 is 11.4 Å². The zero-order chi connectivity index (χ0) is 13.7. The number of aliphatic carboxylic acids is 1. The number of carboxylic acid groups (broad SMARTS) is 1. The molecule has 1 N–H and O–H groups in total. The van der Waals surface area contributed by atoms with Crippen molar-refractivity contribution in [2.45, 2.75) is 77.2 Å². The van der Waals surface area contributed by atoms with Gasteiger partial charge in [0, 0.05) is 12.6 Å². The van der Waals surface area contributed by atoms with Crippen molar-refractivity contribution in [2.24, 2.45) is 5.41 Å². The van der Waals surface area contributed by atoms with Gasteiger partial charge in [0.2, 0.25) is 0 Å². The van der Waals surface area contributed by atoms with Gasteiger partial charge in [-0.05, 0) is 32.2 Å². The van der Waals surface area contributed by atoms with E-state index in [1.165, 1.54) is 44.9 Å². The summed E-state index contributed by atoms with van der Waals surface area (Å²) >= 11 is 0. The fourth-order valence-corrected chi connectivity index (χ4v) is 3.98. The highest BCUT2D eigenvalue weighted by Crippen LogP contribution is 2.38. The molecule has 0 aromatic carbocycles. The van der Waals surface area contributed by atoms with Crippen LogP contribution in [0.2, 0.25) is 0 Å². The molecule has 0 spiro atoms. The van der Waals surface area contributed by atoms with E-state index in [0.717, 1.165) is 32.4 Å². The molecule has 19 heavy (non-hydrogen) atoms. The predicted molar refractivity (Wildman–Crippen MR) is 77.3 cm³/mol. The molecule has 1 unspecified atom stereocenters. The van der Waals surface area contributed by atoms with Gasteiger partial charge in [-0.1, -0.05) is 45.4 Å². The molecular formula is C16H29NO2. The fraction of sp³-hybridized carbons (Fsp3) is 0.938. The van der Waals surface area contributed by atoms with Crippen LogP contribution in [0.1, 0.15) is 71.1 Å². The van der Waals surface area contributed by atoms with Crippen LogP contribution in [0.25, 0.3) is 0 Å². The molecule has 2 rings (SSSR count). The van der Waals surface area contributed by atoms with Crippen molar-refractivity contribution >= 4 is 5.97 Å². The number of nitrogens with zero attached hydrogens (tertiary/aromatic N) is 1. The summed E-state index contributed by atoms with van der Waals surface area (Å²) in [5.74, 6) is -0.567. The maximum Gasteiger partial charge on any atom is 0.310 e. The van der Waals surface area contributed by atoms with Crippen molar-refractivity contribution in [3.05, 3.63) is 0 Å². The van der Waals surface area contributed by atoms with Gasteiger partial charge < -0.3 is 5.11 Å². The van der Waals surface area contributed by atoms with E-state index in [1.54, 1.807) is 0 Å². The lowest BCUT2D eigenvalue weighted by atomic mass is 9.82. The molecule has 0 bridgehead atoms. The molecule has 1 saturated carbocycles. The van der Waals surface area contributed by atoms with Crippen LogP contribution in [0.5, 0.6) is 0 Å². The molecule has 1 heterocycles. The number of likely N-dealkylation sites (tertiary alicyclic amines) is 1. The largest absolute Gasteiger partial charge is 0.481 e.